The van der Waals surface area contributed by atoms with Crippen LogP contribution in [-0.4, -0.2) is 0 Å². The number of hydrogen-bond acceptors (Lipinski definition) is 2. The summed E-state index contributed by atoms with van der Waals surface area (Å²) in [5.74, 6) is 0. The van der Waals surface area contributed by atoms with Gasteiger partial charge in [-0.15, -0.1) is 0 Å². The van der Waals surface area contributed by atoms with Crippen LogP contribution < -0.4 is 9.80 Å². The first-order chi connectivity index (χ1) is 41.0. The van der Waals surface area contributed by atoms with Gasteiger partial charge in [-0.2, -0.15) is 0 Å². The van der Waals surface area contributed by atoms with Crippen LogP contribution in [0.15, 0.2) is 279 Å². The van der Waals surface area contributed by atoms with Crippen LogP contribution in [-0.2, 0) is 16.2 Å². The van der Waals surface area contributed by atoms with Crippen molar-refractivity contribution in [3.05, 3.63) is 335 Å². The highest BCUT2D eigenvalue weighted by molar-refractivity contribution is 6.00. The normalized spacial score (nSPS) is 16.9. The van der Waals surface area contributed by atoms with E-state index in [2.05, 4.69) is 231 Å². The zero-order valence-corrected chi connectivity index (χ0v) is 43.6. The highest BCUT2D eigenvalue weighted by atomic mass is 15.1. The maximum Gasteiger partial charge on any atom is 0.0727 e. The lowest BCUT2D eigenvalue weighted by Crippen LogP contribution is -2.27. The lowest BCUT2D eigenvalue weighted by Gasteiger charge is -2.34. The minimum absolute atomic E-state index is 0.0892. The van der Waals surface area contributed by atoms with Gasteiger partial charge >= 0.3 is 0 Å². The molecule has 0 N–H and O–H groups in total. The van der Waals surface area contributed by atoms with E-state index in [1.54, 1.807) is 0 Å². The highest BCUT2D eigenvalue weighted by Crippen LogP contribution is 2.66. The molecule has 0 heterocycles. The Kier molecular flexibility index (Phi) is 8.09. The molecule has 0 radical (unpaired) electrons. The van der Waals surface area contributed by atoms with Crippen LogP contribution in [0.25, 0.3) is 55.6 Å². The maximum atomic E-state index is 9.35. The maximum absolute atomic E-state index is 9.35. The van der Waals surface area contributed by atoms with E-state index in [4.69, 9.17) is 4.11 Å². The molecule has 0 fully saturated rings. The van der Waals surface area contributed by atoms with Gasteiger partial charge in [-0.3, -0.25) is 0 Å². The topological polar surface area (TPSA) is 6.48 Å². The number of rotatable bonds is 6. The van der Waals surface area contributed by atoms with Crippen molar-refractivity contribution in [2.24, 2.45) is 0 Å². The van der Waals surface area contributed by atoms with E-state index in [-0.39, 0.29) is 35.3 Å². The summed E-state index contributed by atoms with van der Waals surface area (Å²) in [6.07, 6.45) is 0. The van der Waals surface area contributed by atoms with Gasteiger partial charge in [0.2, 0.25) is 0 Å². The van der Waals surface area contributed by atoms with Gasteiger partial charge in [0.15, 0.2) is 0 Å². The SMILES string of the molecule is [2H]c1c([2H])c([2H])c(N(c2ccccc2)c2ccc3c(c2)C2(c4ccccc4-c4ccc(N(c5ccc6c(c5)C(C)(C)c5ccccc5-6)c5ccc6c(c5)C5(c7ccccc7-c7ccccc75)c5ccccc5-6)cc42)c2ccccc2-3)c([2H])c1[2H]. The number of anilines is 6. The minimum Gasteiger partial charge on any atom is -0.310 e. The summed E-state index contributed by atoms with van der Waals surface area (Å²) in [4.78, 5) is 4.33. The fourth-order valence-electron chi connectivity index (χ4n) is 15.2. The second kappa shape index (κ2) is 16.1. The lowest BCUT2D eigenvalue weighted by molar-refractivity contribution is 0.660. The van der Waals surface area contributed by atoms with Crippen molar-refractivity contribution in [1.82, 2.24) is 0 Å². The molecule has 370 valence electrons. The average Bonchev–Trinajstić information content (AvgIpc) is 1.69. The second-order valence-electron chi connectivity index (χ2n) is 22.3. The van der Waals surface area contributed by atoms with Crippen LogP contribution in [0.1, 0.15) is 76.3 Å². The summed E-state index contributed by atoms with van der Waals surface area (Å²) in [7, 11) is 0. The molecule has 2 heteroatoms. The molecule has 5 aliphatic rings. The van der Waals surface area contributed by atoms with Crippen LogP contribution >= 0.6 is 0 Å². The predicted molar refractivity (Wildman–Crippen MR) is 326 cm³/mol. The summed E-state index contributed by atoms with van der Waals surface area (Å²) >= 11 is 0. The average molecular weight is 1010 g/mol. The molecular weight excluding hydrogens is 953 g/mol. The Morgan fingerprint density at radius 1 is 0.241 bits per heavy atom. The Labute approximate surface area is 468 Å². The van der Waals surface area contributed by atoms with Crippen molar-refractivity contribution in [1.29, 1.82) is 0 Å². The van der Waals surface area contributed by atoms with E-state index in [0.29, 0.717) is 11.4 Å². The summed E-state index contributed by atoms with van der Waals surface area (Å²) in [6.45, 7) is 4.71. The Morgan fingerprint density at radius 2 is 0.519 bits per heavy atom. The molecular formula is C77H52N2. The van der Waals surface area contributed by atoms with Gasteiger partial charge in [0, 0.05) is 39.5 Å². The third-order valence-electron chi connectivity index (χ3n) is 18.4. The van der Waals surface area contributed by atoms with Gasteiger partial charge in [-0.1, -0.05) is 220 Å². The van der Waals surface area contributed by atoms with Crippen molar-refractivity contribution in [2.45, 2.75) is 30.1 Å². The number of hydrogen-bond donors (Lipinski definition) is 0. The predicted octanol–water partition coefficient (Wildman–Crippen LogP) is 19.6. The van der Waals surface area contributed by atoms with Crippen LogP contribution in [0.2, 0.25) is 0 Å². The molecule has 12 aromatic rings. The Bertz CT molecular complexity index is 4760. The van der Waals surface area contributed by atoms with Crippen LogP contribution in [0, 0.1) is 0 Å². The second-order valence-corrected chi connectivity index (χ2v) is 22.3. The van der Waals surface area contributed by atoms with Crippen molar-refractivity contribution in [3.8, 4) is 55.6 Å². The molecule has 0 bridgehead atoms. The lowest BCUT2D eigenvalue weighted by atomic mass is 9.70. The van der Waals surface area contributed by atoms with Gasteiger partial charge in [-0.25, -0.2) is 0 Å². The van der Waals surface area contributed by atoms with Gasteiger partial charge in [0.1, 0.15) is 0 Å². The fourth-order valence-corrected chi connectivity index (χ4v) is 15.2. The van der Waals surface area contributed by atoms with Crippen molar-refractivity contribution in [3.63, 3.8) is 0 Å². The Balaban J connectivity index is 0.931. The first-order valence-electron chi connectivity index (χ1n) is 29.9. The highest BCUT2D eigenvalue weighted by Gasteiger charge is 2.54. The third-order valence-corrected chi connectivity index (χ3v) is 18.4. The first-order valence-corrected chi connectivity index (χ1v) is 27.4. The molecule has 0 saturated heterocycles. The summed E-state index contributed by atoms with van der Waals surface area (Å²) in [5.41, 5.74) is 27.2. The smallest absolute Gasteiger partial charge is 0.0727 e. The molecule has 0 amide bonds. The van der Waals surface area contributed by atoms with Crippen LogP contribution in [0.4, 0.5) is 34.1 Å². The molecule has 1 unspecified atom stereocenters. The van der Waals surface area contributed by atoms with Gasteiger partial charge in [-0.05, 0) is 184 Å². The van der Waals surface area contributed by atoms with Gasteiger partial charge in [0.25, 0.3) is 0 Å². The van der Waals surface area contributed by atoms with E-state index in [9.17, 15) is 2.74 Å². The number of benzene rings is 12. The molecule has 17 rings (SSSR count). The standard InChI is InChI=1S/C77H52N2/c1-75(2)65-31-15-9-25-55(65)61-41-37-51(45-71(61)75)79(53-39-43-62-58-28-12-18-34-68(58)76(72(62)47-53)66-32-16-10-26-56(66)57-27-11-17-33-67(57)76)54-40-44-64-60-30-14-20-36-70(60)77(74(64)48-54)69-35-19-13-29-59(69)63-42-38-52(46-73(63)77)78(49-21-5-3-6-22-49)50-23-7-4-8-24-50/h3-48H,1-2H3/i3D,5D,6D,21D,22D. The fraction of sp³-hybridized carbons (Fsp3) is 0.0649. The van der Waals surface area contributed by atoms with E-state index < -0.39 is 16.9 Å². The summed E-state index contributed by atoms with van der Waals surface area (Å²) < 4.78 is 45.0. The molecule has 2 nitrogen and oxygen atoms in total. The number of nitrogens with zero attached hydrogens (tertiary/aromatic N) is 2. The minimum atomic E-state index is -0.833. The van der Waals surface area contributed by atoms with E-state index in [1.807, 2.05) is 41.3 Å². The zero-order chi connectivity index (χ0) is 56.5. The first kappa shape index (κ1) is 39.6. The number of fused-ring (bicyclic) bond motifs is 23. The molecule has 12 aromatic carbocycles. The molecule has 5 aliphatic carbocycles. The van der Waals surface area contributed by atoms with E-state index >= 15 is 0 Å². The van der Waals surface area contributed by atoms with Crippen molar-refractivity contribution >= 4 is 34.1 Å². The van der Waals surface area contributed by atoms with Gasteiger partial charge < -0.3 is 9.80 Å². The summed E-state index contributed by atoms with van der Waals surface area (Å²) in [6, 6.07) is 89.2. The van der Waals surface area contributed by atoms with E-state index in [0.717, 1.165) is 61.6 Å². The molecule has 2 spiro atoms. The van der Waals surface area contributed by atoms with Gasteiger partial charge in [0.05, 0.1) is 17.7 Å². The van der Waals surface area contributed by atoms with Crippen LogP contribution in [0.3, 0.4) is 0 Å². The van der Waals surface area contributed by atoms with Crippen molar-refractivity contribution in [2.75, 3.05) is 9.80 Å². The Hall–Kier alpha value is -9.76. The van der Waals surface area contributed by atoms with Crippen LogP contribution in [0.5, 0.6) is 0 Å². The zero-order valence-electron chi connectivity index (χ0n) is 48.6. The summed E-state index contributed by atoms with van der Waals surface area (Å²) in [5, 5.41) is 0. The van der Waals surface area contributed by atoms with E-state index in [1.165, 1.54) is 66.8 Å². The third kappa shape index (κ3) is 5.75. The molecule has 1 atom stereocenters. The molecule has 0 saturated carbocycles. The molecule has 0 aromatic heterocycles. The van der Waals surface area contributed by atoms with Crippen molar-refractivity contribution < 1.29 is 6.85 Å². The Morgan fingerprint density at radius 3 is 0.911 bits per heavy atom. The molecule has 79 heavy (non-hydrogen) atoms. The monoisotopic (exact) mass is 1010 g/mol. The molecule has 0 aliphatic heterocycles. The largest absolute Gasteiger partial charge is 0.310 e. The number of para-hydroxylation sites is 2. The quantitative estimate of drug-likeness (QED) is 0.164.